The molecular weight excluding hydrogens is 272 g/mol. The molecule has 0 aliphatic heterocycles. The number of amides is 2. The molecule has 0 aliphatic rings. The number of nitrogens with zero attached hydrogens (tertiary/aromatic N) is 4. The molecule has 0 spiro atoms. The Bertz CT molecular complexity index is 500. The van der Waals surface area contributed by atoms with Gasteiger partial charge in [-0.3, -0.25) is 4.79 Å². The number of hydrogen-bond acceptors (Lipinski definition) is 7. The third kappa shape index (κ3) is 4.25. The van der Waals surface area contributed by atoms with E-state index >= 15 is 0 Å². The summed E-state index contributed by atoms with van der Waals surface area (Å²) < 4.78 is 6.34. The summed E-state index contributed by atoms with van der Waals surface area (Å²) in [4.78, 5) is 22.3. The molecule has 0 saturated heterocycles. The number of hydrazone groups is 1. The van der Waals surface area contributed by atoms with Crippen molar-refractivity contribution in [2.75, 3.05) is 7.11 Å². The predicted molar refractivity (Wildman–Crippen MR) is 68.5 cm³/mol. The second kappa shape index (κ2) is 6.73. The standard InChI is InChI=1S/C9H14N6O3S/c1-5(12-13-8(10)17)6(7(16)18-3)19-9-14-11-4-15(9)2/h4,6H,1-3H3,(H3,10,13,17)/b12-5+. The molecule has 0 bridgehead atoms. The SMILES string of the molecule is COC(=O)C(Sc1nncn1C)/C(C)=N/NC(N)=O. The number of ether oxygens (including phenoxy) is 1. The van der Waals surface area contributed by atoms with Crippen LogP contribution in [0, 0.1) is 0 Å². The third-order valence-electron chi connectivity index (χ3n) is 2.03. The molecule has 1 aromatic rings. The fraction of sp³-hybridized carbons (Fsp3) is 0.444. The number of carbonyl (C=O) groups is 2. The number of aryl methyl sites for hydroxylation is 1. The normalized spacial score (nSPS) is 12.9. The average molecular weight is 286 g/mol. The molecule has 104 valence electrons. The van der Waals surface area contributed by atoms with E-state index in [9.17, 15) is 9.59 Å². The Labute approximate surface area is 113 Å². The van der Waals surface area contributed by atoms with Crippen molar-refractivity contribution in [2.45, 2.75) is 17.3 Å². The van der Waals surface area contributed by atoms with Gasteiger partial charge in [0.05, 0.1) is 12.8 Å². The molecule has 2 amide bonds. The highest BCUT2D eigenvalue weighted by atomic mass is 32.2. The summed E-state index contributed by atoms with van der Waals surface area (Å²) in [5.41, 5.74) is 7.30. The molecule has 3 N–H and O–H groups in total. The summed E-state index contributed by atoms with van der Waals surface area (Å²) in [7, 11) is 3.01. The summed E-state index contributed by atoms with van der Waals surface area (Å²) in [5, 5.41) is 11.0. The maximum atomic E-state index is 11.7. The van der Waals surface area contributed by atoms with E-state index in [2.05, 4.69) is 25.5 Å². The molecular formula is C9H14N6O3S. The highest BCUT2D eigenvalue weighted by Gasteiger charge is 2.26. The zero-order chi connectivity index (χ0) is 14.4. The van der Waals surface area contributed by atoms with Crippen LogP contribution in [0.4, 0.5) is 4.79 Å². The lowest BCUT2D eigenvalue weighted by Crippen LogP contribution is -2.31. The van der Waals surface area contributed by atoms with Gasteiger partial charge in [0.25, 0.3) is 0 Å². The van der Waals surface area contributed by atoms with Gasteiger partial charge in [-0.25, -0.2) is 10.2 Å². The van der Waals surface area contributed by atoms with Crippen molar-refractivity contribution in [1.82, 2.24) is 20.2 Å². The van der Waals surface area contributed by atoms with Crippen LogP contribution in [-0.4, -0.2) is 44.8 Å². The number of nitrogens with one attached hydrogen (secondary N) is 1. The molecule has 0 fully saturated rings. The topological polar surface area (TPSA) is 124 Å². The Kier molecular flexibility index (Phi) is 5.30. The first kappa shape index (κ1) is 15.0. The zero-order valence-electron chi connectivity index (χ0n) is 10.7. The Balaban J connectivity index is 2.89. The van der Waals surface area contributed by atoms with Crippen LogP contribution in [0.3, 0.4) is 0 Å². The lowest BCUT2D eigenvalue weighted by Gasteiger charge is -2.13. The summed E-state index contributed by atoms with van der Waals surface area (Å²) in [5.74, 6) is -0.513. The number of carbonyl (C=O) groups excluding carboxylic acids is 2. The summed E-state index contributed by atoms with van der Waals surface area (Å²) in [6.45, 7) is 1.57. The minimum Gasteiger partial charge on any atom is -0.468 e. The lowest BCUT2D eigenvalue weighted by molar-refractivity contribution is -0.138. The number of nitrogens with two attached hydrogens (primary N) is 1. The van der Waals surface area contributed by atoms with E-state index in [4.69, 9.17) is 5.73 Å². The molecule has 1 aromatic heterocycles. The summed E-state index contributed by atoms with van der Waals surface area (Å²) in [6.07, 6.45) is 1.50. The Morgan fingerprint density at radius 3 is 2.79 bits per heavy atom. The highest BCUT2D eigenvalue weighted by molar-refractivity contribution is 8.01. The minimum absolute atomic E-state index is 0.332. The number of methoxy groups -OCH3 is 1. The van der Waals surface area contributed by atoms with E-state index in [0.717, 1.165) is 11.8 Å². The van der Waals surface area contributed by atoms with Crippen molar-refractivity contribution in [3.05, 3.63) is 6.33 Å². The maximum Gasteiger partial charge on any atom is 0.332 e. The lowest BCUT2D eigenvalue weighted by atomic mass is 10.3. The molecule has 1 heterocycles. The Morgan fingerprint density at radius 2 is 2.32 bits per heavy atom. The molecule has 0 saturated carbocycles. The molecule has 0 aromatic carbocycles. The number of primary amides is 1. The van der Waals surface area contributed by atoms with Crippen molar-refractivity contribution in [3.63, 3.8) is 0 Å². The number of thioether (sulfide) groups is 1. The smallest absolute Gasteiger partial charge is 0.332 e. The monoisotopic (exact) mass is 286 g/mol. The van der Waals surface area contributed by atoms with Crippen LogP contribution in [0.2, 0.25) is 0 Å². The maximum absolute atomic E-state index is 11.7. The molecule has 9 nitrogen and oxygen atoms in total. The van der Waals surface area contributed by atoms with Gasteiger partial charge in [0.2, 0.25) is 0 Å². The first-order valence-corrected chi connectivity index (χ1v) is 6.01. The van der Waals surface area contributed by atoms with Crippen LogP contribution < -0.4 is 11.2 Å². The summed E-state index contributed by atoms with van der Waals surface area (Å²) in [6, 6.07) is -0.813. The molecule has 1 unspecified atom stereocenters. The van der Waals surface area contributed by atoms with Gasteiger partial charge in [0.15, 0.2) is 5.16 Å². The van der Waals surface area contributed by atoms with Gasteiger partial charge in [-0.1, -0.05) is 11.8 Å². The number of esters is 1. The molecule has 19 heavy (non-hydrogen) atoms. The largest absolute Gasteiger partial charge is 0.468 e. The predicted octanol–water partition coefficient (Wildman–Crippen LogP) is -0.507. The van der Waals surface area contributed by atoms with Crippen LogP contribution in [0.1, 0.15) is 6.92 Å². The first-order chi connectivity index (χ1) is 8.95. The second-order valence-electron chi connectivity index (χ2n) is 3.47. The fourth-order valence-electron chi connectivity index (χ4n) is 1.10. The molecule has 1 atom stereocenters. The van der Waals surface area contributed by atoms with Gasteiger partial charge in [0, 0.05) is 7.05 Å². The zero-order valence-corrected chi connectivity index (χ0v) is 11.5. The highest BCUT2D eigenvalue weighted by Crippen LogP contribution is 2.22. The molecule has 0 radical (unpaired) electrons. The number of hydrogen-bond donors (Lipinski definition) is 2. The van der Waals surface area contributed by atoms with E-state index in [0.29, 0.717) is 10.9 Å². The van der Waals surface area contributed by atoms with Gasteiger partial charge in [-0.15, -0.1) is 10.2 Å². The van der Waals surface area contributed by atoms with Crippen LogP contribution in [0.25, 0.3) is 0 Å². The van der Waals surface area contributed by atoms with Gasteiger partial charge in [-0.2, -0.15) is 5.10 Å². The first-order valence-electron chi connectivity index (χ1n) is 5.13. The van der Waals surface area contributed by atoms with Crippen molar-refractivity contribution in [3.8, 4) is 0 Å². The molecule has 0 aliphatic carbocycles. The van der Waals surface area contributed by atoms with Crippen molar-refractivity contribution in [1.29, 1.82) is 0 Å². The third-order valence-corrected chi connectivity index (χ3v) is 3.38. The Morgan fingerprint density at radius 1 is 1.63 bits per heavy atom. The average Bonchev–Trinajstić information content (AvgIpc) is 2.77. The van der Waals surface area contributed by atoms with E-state index in [1.54, 1.807) is 18.5 Å². The minimum atomic E-state index is -0.813. The van der Waals surface area contributed by atoms with Crippen LogP contribution in [0.5, 0.6) is 0 Å². The number of aromatic nitrogens is 3. The van der Waals surface area contributed by atoms with Crippen molar-refractivity contribution in [2.24, 2.45) is 17.9 Å². The molecule has 10 heteroatoms. The van der Waals surface area contributed by atoms with Gasteiger partial charge < -0.3 is 15.0 Å². The van der Waals surface area contributed by atoms with Crippen LogP contribution >= 0.6 is 11.8 Å². The van der Waals surface area contributed by atoms with Gasteiger partial charge in [-0.05, 0) is 6.92 Å². The van der Waals surface area contributed by atoms with E-state index < -0.39 is 17.3 Å². The van der Waals surface area contributed by atoms with Crippen LogP contribution in [0.15, 0.2) is 16.6 Å². The Hall–Kier alpha value is -2.10. The van der Waals surface area contributed by atoms with Crippen molar-refractivity contribution >= 4 is 29.5 Å². The van der Waals surface area contributed by atoms with Crippen LogP contribution in [-0.2, 0) is 16.6 Å². The van der Waals surface area contributed by atoms with Gasteiger partial charge >= 0.3 is 12.0 Å². The number of rotatable bonds is 5. The fourth-order valence-corrected chi connectivity index (χ4v) is 2.03. The van der Waals surface area contributed by atoms with Crippen molar-refractivity contribution < 1.29 is 14.3 Å². The van der Waals surface area contributed by atoms with Gasteiger partial charge in [0.1, 0.15) is 11.6 Å². The van der Waals surface area contributed by atoms with E-state index in [1.165, 1.54) is 13.4 Å². The number of urea groups is 1. The van der Waals surface area contributed by atoms with E-state index in [1.807, 2.05) is 0 Å². The molecule has 1 rings (SSSR count). The van der Waals surface area contributed by atoms with E-state index in [-0.39, 0.29) is 0 Å². The second-order valence-corrected chi connectivity index (χ2v) is 4.55. The quantitative estimate of drug-likeness (QED) is 0.325. The summed E-state index contributed by atoms with van der Waals surface area (Å²) >= 11 is 1.11.